The predicted molar refractivity (Wildman–Crippen MR) is 158 cm³/mol. The summed E-state index contributed by atoms with van der Waals surface area (Å²) in [5.41, 5.74) is 5.57. The summed E-state index contributed by atoms with van der Waals surface area (Å²) >= 11 is 6.08. The van der Waals surface area contributed by atoms with E-state index in [1.54, 1.807) is 0 Å². The Hall–Kier alpha value is -3.35. The van der Waals surface area contributed by atoms with E-state index in [0.29, 0.717) is 38.6 Å². The van der Waals surface area contributed by atoms with Crippen LogP contribution in [0.5, 0.6) is 11.5 Å². The van der Waals surface area contributed by atoms with Crippen LogP contribution < -0.4 is 9.47 Å². The highest BCUT2D eigenvalue weighted by Gasteiger charge is 2.22. The molecule has 0 bridgehead atoms. The van der Waals surface area contributed by atoms with Gasteiger partial charge in [0.05, 0.1) is 18.9 Å². The van der Waals surface area contributed by atoms with Gasteiger partial charge in [-0.1, -0.05) is 35.9 Å². The Kier molecular flexibility index (Phi) is 9.74. The standard InChI is InChI=1S/C33H37ClN2O4/c1-2-38-33(37)8-5-21-39-27-13-14-32-30(22-27)28(29-6-3-17-35-31(29)23-40-32)7-4-18-36-19-15-25(16-20-36)24-9-11-26(34)12-10-24/h3,6-7,9-14,17,22,25H,2,4-5,8,15-16,18-21,23H2,1H3/b28-7+. The summed E-state index contributed by atoms with van der Waals surface area (Å²) in [6, 6.07) is 18.4. The van der Waals surface area contributed by atoms with Crippen molar-refractivity contribution in [1.29, 1.82) is 0 Å². The van der Waals surface area contributed by atoms with Crippen LogP contribution in [0.4, 0.5) is 0 Å². The number of aromatic nitrogens is 1. The fourth-order valence-corrected chi connectivity index (χ4v) is 5.63. The molecule has 3 heterocycles. The number of carbonyl (C=O) groups is 1. The molecule has 2 aliphatic rings. The Labute approximate surface area is 241 Å². The van der Waals surface area contributed by atoms with Crippen LogP contribution in [-0.4, -0.2) is 48.7 Å². The van der Waals surface area contributed by atoms with E-state index in [4.69, 9.17) is 25.8 Å². The van der Waals surface area contributed by atoms with Crippen LogP contribution in [-0.2, 0) is 16.1 Å². The molecule has 0 radical (unpaired) electrons. The summed E-state index contributed by atoms with van der Waals surface area (Å²) in [5, 5.41) is 0.796. The number of carbonyl (C=O) groups excluding carboxylic acids is 1. The van der Waals surface area contributed by atoms with Crippen molar-refractivity contribution in [3.8, 4) is 11.5 Å². The minimum absolute atomic E-state index is 0.190. The normalized spacial score (nSPS) is 16.5. The van der Waals surface area contributed by atoms with Crippen LogP contribution in [0.3, 0.4) is 0 Å². The number of piperidine rings is 1. The number of esters is 1. The van der Waals surface area contributed by atoms with Gasteiger partial charge in [-0.2, -0.15) is 0 Å². The maximum Gasteiger partial charge on any atom is 0.305 e. The molecule has 0 N–H and O–H groups in total. The fourth-order valence-electron chi connectivity index (χ4n) is 5.50. The number of benzene rings is 2. The molecular weight excluding hydrogens is 524 g/mol. The summed E-state index contributed by atoms with van der Waals surface area (Å²) in [5.74, 6) is 2.00. The van der Waals surface area contributed by atoms with Crippen molar-refractivity contribution in [1.82, 2.24) is 9.88 Å². The Morgan fingerprint density at radius 2 is 1.95 bits per heavy atom. The quantitative estimate of drug-likeness (QED) is 0.195. The number of ether oxygens (including phenoxy) is 3. The Morgan fingerprint density at radius 3 is 2.75 bits per heavy atom. The highest BCUT2D eigenvalue weighted by Crippen LogP contribution is 2.38. The highest BCUT2D eigenvalue weighted by atomic mass is 35.5. The molecule has 0 amide bonds. The number of hydrogen-bond donors (Lipinski definition) is 0. The maximum absolute atomic E-state index is 11.6. The number of pyridine rings is 1. The van der Waals surface area contributed by atoms with Gasteiger partial charge in [0.25, 0.3) is 0 Å². The maximum atomic E-state index is 11.6. The monoisotopic (exact) mass is 560 g/mol. The van der Waals surface area contributed by atoms with Crippen LogP contribution in [0, 0.1) is 0 Å². The van der Waals surface area contributed by atoms with Crippen molar-refractivity contribution in [2.45, 2.75) is 51.6 Å². The van der Waals surface area contributed by atoms with Gasteiger partial charge in [0.1, 0.15) is 18.1 Å². The first-order valence-corrected chi connectivity index (χ1v) is 14.7. The van der Waals surface area contributed by atoms with Gasteiger partial charge in [-0.3, -0.25) is 9.78 Å². The summed E-state index contributed by atoms with van der Waals surface area (Å²) < 4.78 is 17.2. The lowest BCUT2D eigenvalue weighted by molar-refractivity contribution is -0.143. The average Bonchev–Trinajstić information content (AvgIpc) is 3.13. The third-order valence-electron chi connectivity index (χ3n) is 7.61. The van der Waals surface area contributed by atoms with Gasteiger partial charge < -0.3 is 19.1 Å². The van der Waals surface area contributed by atoms with Crippen molar-refractivity contribution in [3.63, 3.8) is 0 Å². The molecule has 0 atom stereocenters. The van der Waals surface area contributed by atoms with Crippen LogP contribution in [0.2, 0.25) is 5.02 Å². The van der Waals surface area contributed by atoms with E-state index >= 15 is 0 Å². The molecule has 0 aliphatic carbocycles. The van der Waals surface area contributed by atoms with Crippen LogP contribution in [0.1, 0.15) is 67.3 Å². The van der Waals surface area contributed by atoms with Crippen LogP contribution in [0.15, 0.2) is 66.9 Å². The molecule has 2 aliphatic heterocycles. The zero-order chi connectivity index (χ0) is 27.7. The topological polar surface area (TPSA) is 60.9 Å². The minimum Gasteiger partial charge on any atom is -0.494 e. The van der Waals surface area contributed by atoms with Crippen LogP contribution >= 0.6 is 11.6 Å². The van der Waals surface area contributed by atoms with Crippen molar-refractivity contribution >= 4 is 23.1 Å². The molecule has 3 aromatic rings. The molecule has 6 nitrogen and oxygen atoms in total. The molecule has 7 heteroatoms. The molecule has 2 aromatic carbocycles. The Bertz CT molecular complexity index is 1320. The molecule has 0 unspecified atom stereocenters. The SMILES string of the molecule is CCOC(=O)CCCOc1ccc2c(c1)/C(=C/CCN1CCC(c3ccc(Cl)cc3)CC1)c1cccnc1CO2. The summed E-state index contributed by atoms with van der Waals surface area (Å²) in [6.45, 7) is 6.29. The average molecular weight is 561 g/mol. The molecule has 1 fully saturated rings. The molecule has 5 rings (SSSR count). The van der Waals surface area contributed by atoms with E-state index in [0.717, 1.165) is 65.0 Å². The van der Waals surface area contributed by atoms with Crippen molar-refractivity contribution in [2.24, 2.45) is 0 Å². The second-order valence-electron chi connectivity index (χ2n) is 10.3. The van der Waals surface area contributed by atoms with Gasteiger partial charge >= 0.3 is 5.97 Å². The van der Waals surface area contributed by atoms with Crippen molar-refractivity contribution in [3.05, 3.63) is 94.3 Å². The second-order valence-corrected chi connectivity index (χ2v) is 10.7. The summed E-state index contributed by atoms with van der Waals surface area (Å²) in [4.78, 5) is 18.8. The van der Waals surface area contributed by atoms with E-state index in [1.807, 2.05) is 49.5 Å². The van der Waals surface area contributed by atoms with E-state index in [2.05, 4.69) is 34.2 Å². The first-order valence-electron chi connectivity index (χ1n) is 14.3. The number of likely N-dealkylation sites (tertiary alicyclic amines) is 1. The largest absolute Gasteiger partial charge is 0.494 e. The number of halogens is 1. The number of hydrogen-bond acceptors (Lipinski definition) is 6. The highest BCUT2D eigenvalue weighted by molar-refractivity contribution is 6.30. The number of fused-ring (bicyclic) bond motifs is 2. The molecule has 210 valence electrons. The molecule has 0 saturated carbocycles. The third kappa shape index (κ3) is 7.23. The molecule has 40 heavy (non-hydrogen) atoms. The van der Waals surface area contributed by atoms with Crippen LogP contribution in [0.25, 0.3) is 5.57 Å². The van der Waals surface area contributed by atoms with Gasteiger partial charge in [0.2, 0.25) is 0 Å². The van der Waals surface area contributed by atoms with E-state index in [1.165, 1.54) is 18.4 Å². The minimum atomic E-state index is -0.190. The zero-order valence-electron chi connectivity index (χ0n) is 23.1. The smallest absolute Gasteiger partial charge is 0.305 e. The lowest BCUT2D eigenvalue weighted by Crippen LogP contribution is -2.33. The lowest BCUT2D eigenvalue weighted by atomic mass is 9.89. The molecule has 1 aromatic heterocycles. The summed E-state index contributed by atoms with van der Waals surface area (Å²) in [6.07, 6.45) is 8.36. The molecule has 1 saturated heterocycles. The Morgan fingerprint density at radius 1 is 1.12 bits per heavy atom. The first kappa shape index (κ1) is 28.2. The van der Waals surface area contributed by atoms with Gasteiger partial charge in [-0.15, -0.1) is 0 Å². The van der Waals surface area contributed by atoms with Gasteiger partial charge in [-0.05, 0) is 99.1 Å². The molecular formula is C33H37ClN2O4. The molecule has 0 spiro atoms. The predicted octanol–water partition coefficient (Wildman–Crippen LogP) is 7.05. The number of nitrogens with zero attached hydrogens (tertiary/aromatic N) is 2. The van der Waals surface area contributed by atoms with E-state index in [9.17, 15) is 4.79 Å². The van der Waals surface area contributed by atoms with Crippen molar-refractivity contribution in [2.75, 3.05) is 32.8 Å². The number of rotatable bonds is 10. The Balaban J connectivity index is 1.25. The first-order chi connectivity index (χ1) is 19.6. The lowest BCUT2D eigenvalue weighted by Gasteiger charge is -2.32. The second kappa shape index (κ2) is 13.8. The third-order valence-corrected chi connectivity index (χ3v) is 7.86. The van der Waals surface area contributed by atoms with Gasteiger partial charge in [-0.25, -0.2) is 0 Å². The van der Waals surface area contributed by atoms with Crippen molar-refractivity contribution < 1.29 is 19.0 Å². The van der Waals surface area contributed by atoms with E-state index < -0.39 is 0 Å². The van der Waals surface area contributed by atoms with E-state index in [-0.39, 0.29) is 5.97 Å². The van der Waals surface area contributed by atoms with Gasteiger partial charge in [0.15, 0.2) is 0 Å². The summed E-state index contributed by atoms with van der Waals surface area (Å²) in [7, 11) is 0. The zero-order valence-corrected chi connectivity index (χ0v) is 23.9. The fraction of sp³-hybridized carbons (Fsp3) is 0.394. The van der Waals surface area contributed by atoms with Gasteiger partial charge in [0, 0.05) is 35.3 Å².